The Hall–Kier alpha value is -4.46. The lowest BCUT2D eigenvalue weighted by atomic mass is 10.1. The number of aromatic nitrogens is 2. The number of hydrogen-bond acceptors (Lipinski definition) is 5. The molecule has 2 aromatic heterocycles. The van der Waals surface area contributed by atoms with Crippen LogP contribution in [0.5, 0.6) is 5.75 Å². The highest BCUT2D eigenvalue weighted by molar-refractivity contribution is 6.21. The van der Waals surface area contributed by atoms with Gasteiger partial charge in [-0.25, -0.2) is 4.98 Å². The predicted octanol–water partition coefficient (Wildman–Crippen LogP) is 3.54. The van der Waals surface area contributed by atoms with Gasteiger partial charge in [0.25, 0.3) is 11.8 Å². The van der Waals surface area contributed by atoms with Crippen LogP contribution in [0.1, 0.15) is 32.8 Å². The fourth-order valence-electron chi connectivity index (χ4n) is 3.76. The summed E-state index contributed by atoms with van der Waals surface area (Å²) in [4.78, 5) is 42.9. The maximum absolute atomic E-state index is 12.4. The molecule has 5 rings (SSSR count). The molecule has 1 N–H and O–H groups in total. The fraction of sp³-hybridized carbons (Fsp3) is 0.120. The quantitative estimate of drug-likeness (QED) is 0.444. The van der Waals surface area contributed by atoms with Crippen molar-refractivity contribution in [3.63, 3.8) is 0 Å². The minimum Gasteiger partial charge on any atom is -0.487 e. The van der Waals surface area contributed by atoms with E-state index in [4.69, 9.17) is 4.74 Å². The number of ether oxygens (including phenoxy) is 1. The highest BCUT2D eigenvalue weighted by Gasteiger charge is 2.34. The molecule has 0 aliphatic carbocycles. The van der Waals surface area contributed by atoms with Crippen molar-refractivity contribution < 1.29 is 19.1 Å². The molecule has 0 spiro atoms. The lowest BCUT2D eigenvalue weighted by Crippen LogP contribution is -2.32. The van der Waals surface area contributed by atoms with Gasteiger partial charge in [-0.05, 0) is 36.4 Å². The number of imidazole rings is 1. The third-order valence-electron chi connectivity index (χ3n) is 5.36. The molecule has 0 unspecified atom stereocenters. The standard InChI is InChI=1S/C25H20N4O4/c30-23(11-13-29-24(31)20-8-1-2-9-21(20)25(29)32)27-17-6-5-7-19(14-17)33-16-18-15-28-12-4-3-10-22(28)26-18/h1-10,12,14-15H,11,13,16H2,(H,27,30). The van der Waals surface area contributed by atoms with Gasteiger partial charge in [-0.15, -0.1) is 0 Å². The third kappa shape index (κ3) is 4.18. The second kappa shape index (κ2) is 8.58. The summed E-state index contributed by atoms with van der Waals surface area (Å²) in [6.45, 7) is 0.307. The van der Waals surface area contributed by atoms with E-state index in [-0.39, 0.29) is 30.7 Å². The van der Waals surface area contributed by atoms with E-state index in [1.54, 1.807) is 48.5 Å². The number of carbonyl (C=O) groups is 3. The van der Waals surface area contributed by atoms with Crippen molar-refractivity contribution >= 4 is 29.1 Å². The number of pyridine rings is 1. The minimum absolute atomic E-state index is 0.00218. The fourth-order valence-corrected chi connectivity index (χ4v) is 3.76. The van der Waals surface area contributed by atoms with Gasteiger partial charge in [-0.2, -0.15) is 0 Å². The van der Waals surface area contributed by atoms with Gasteiger partial charge in [0.1, 0.15) is 18.0 Å². The van der Waals surface area contributed by atoms with E-state index in [1.807, 2.05) is 35.0 Å². The summed E-state index contributed by atoms with van der Waals surface area (Å²) in [7, 11) is 0. The van der Waals surface area contributed by atoms with E-state index in [1.165, 1.54) is 0 Å². The zero-order valence-electron chi connectivity index (χ0n) is 17.6. The number of amides is 3. The molecule has 0 radical (unpaired) electrons. The summed E-state index contributed by atoms with van der Waals surface area (Å²) < 4.78 is 7.74. The number of anilines is 1. The SMILES string of the molecule is O=C(CCN1C(=O)c2ccccc2C1=O)Nc1cccc(OCc2cn3ccccc3n2)c1. The Balaban J connectivity index is 1.16. The molecule has 8 nitrogen and oxygen atoms in total. The van der Waals surface area contributed by atoms with Crippen LogP contribution in [0.25, 0.3) is 5.65 Å². The van der Waals surface area contributed by atoms with E-state index in [9.17, 15) is 14.4 Å². The zero-order valence-corrected chi connectivity index (χ0v) is 17.6. The molecule has 1 aliphatic heterocycles. The molecule has 0 saturated heterocycles. The van der Waals surface area contributed by atoms with Gasteiger partial charge in [-0.1, -0.05) is 24.3 Å². The normalized spacial score (nSPS) is 12.8. The van der Waals surface area contributed by atoms with Crippen molar-refractivity contribution in [2.45, 2.75) is 13.0 Å². The smallest absolute Gasteiger partial charge is 0.261 e. The first kappa shape index (κ1) is 20.4. The summed E-state index contributed by atoms with van der Waals surface area (Å²) >= 11 is 0. The van der Waals surface area contributed by atoms with Crippen LogP contribution in [0.3, 0.4) is 0 Å². The summed E-state index contributed by atoms with van der Waals surface area (Å²) in [5.41, 5.74) is 2.94. The maximum Gasteiger partial charge on any atom is 0.261 e. The van der Waals surface area contributed by atoms with Gasteiger partial charge in [0.05, 0.1) is 16.8 Å². The van der Waals surface area contributed by atoms with Gasteiger partial charge in [0.15, 0.2) is 0 Å². The number of hydrogen-bond donors (Lipinski definition) is 1. The van der Waals surface area contributed by atoms with E-state index < -0.39 is 0 Å². The largest absolute Gasteiger partial charge is 0.487 e. The van der Waals surface area contributed by atoms with Crippen LogP contribution in [0.15, 0.2) is 79.1 Å². The average Bonchev–Trinajstić information content (AvgIpc) is 3.35. The van der Waals surface area contributed by atoms with Crippen LogP contribution < -0.4 is 10.1 Å². The zero-order chi connectivity index (χ0) is 22.8. The number of fused-ring (bicyclic) bond motifs is 2. The average molecular weight is 440 g/mol. The first-order valence-electron chi connectivity index (χ1n) is 10.5. The monoisotopic (exact) mass is 440 g/mol. The summed E-state index contributed by atoms with van der Waals surface area (Å²) in [6, 6.07) is 19.5. The molecule has 8 heteroatoms. The van der Waals surface area contributed by atoms with Crippen molar-refractivity contribution in [2.24, 2.45) is 0 Å². The van der Waals surface area contributed by atoms with E-state index in [0.717, 1.165) is 16.2 Å². The van der Waals surface area contributed by atoms with Gasteiger partial charge < -0.3 is 14.5 Å². The Labute approximate surface area is 189 Å². The predicted molar refractivity (Wildman–Crippen MR) is 121 cm³/mol. The van der Waals surface area contributed by atoms with Crippen molar-refractivity contribution in [3.8, 4) is 5.75 Å². The number of imide groups is 1. The lowest BCUT2D eigenvalue weighted by Gasteiger charge is -2.14. The molecule has 164 valence electrons. The number of carbonyl (C=O) groups excluding carboxylic acids is 3. The van der Waals surface area contributed by atoms with Crippen LogP contribution in [0.4, 0.5) is 5.69 Å². The Bertz CT molecular complexity index is 1310. The second-order valence-corrected chi connectivity index (χ2v) is 7.62. The molecule has 3 heterocycles. The van der Waals surface area contributed by atoms with Crippen molar-refractivity contribution in [2.75, 3.05) is 11.9 Å². The summed E-state index contributed by atoms with van der Waals surface area (Å²) in [5.74, 6) is -0.453. The first-order valence-corrected chi connectivity index (χ1v) is 10.5. The lowest BCUT2D eigenvalue weighted by molar-refractivity contribution is -0.116. The summed E-state index contributed by atoms with van der Waals surface area (Å²) in [6.07, 6.45) is 3.82. The molecular weight excluding hydrogens is 420 g/mol. The van der Waals surface area contributed by atoms with Crippen molar-refractivity contribution in [1.82, 2.24) is 14.3 Å². The Kier molecular flexibility index (Phi) is 5.32. The molecule has 0 bridgehead atoms. The van der Waals surface area contributed by atoms with Gasteiger partial charge in [-0.3, -0.25) is 19.3 Å². The maximum atomic E-state index is 12.4. The number of nitrogens with one attached hydrogen (secondary N) is 1. The van der Waals surface area contributed by atoms with Crippen molar-refractivity contribution in [1.29, 1.82) is 0 Å². The van der Waals surface area contributed by atoms with E-state index >= 15 is 0 Å². The summed E-state index contributed by atoms with van der Waals surface area (Å²) in [5, 5.41) is 2.79. The molecule has 3 amide bonds. The molecule has 0 fully saturated rings. The van der Waals surface area contributed by atoms with Crippen LogP contribution in [0.2, 0.25) is 0 Å². The molecular formula is C25H20N4O4. The molecule has 1 aliphatic rings. The van der Waals surface area contributed by atoms with Crippen LogP contribution in [-0.4, -0.2) is 38.6 Å². The molecule has 33 heavy (non-hydrogen) atoms. The highest BCUT2D eigenvalue weighted by Crippen LogP contribution is 2.23. The first-order chi connectivity index (χ1) is 16.1. The van der Waals surface area contributed by atoms with E-state index in [0.29, 0.717) is 29.2 Å². The molecule has 2 aromatic carbocycles. The third-order valence-corrected chi connectivity index (χ3v) is 5.36. The van der Waals surface area contributed by atoms with Crippen LogP contribution in [-0.2, 0) is 11.4 Å². The van der Waals surface area contributed by atoms with Gasteiger partial charge in [0.2, 0.25) is 5.91 Å². The van der Waals surface area contributed by atoms with Crippen LogP contribution >= 0.6 is 0 Å². The molecule has 0 saturated carbocycles. The van der Waals surface area contributed by atoms with E-state index in [2.05, 4.69) is 10.3 Å². The Morgan fingerprint density at radius 3 is 2.45 bits per heavy atom. The van der Waals surface area contributed by atoms with Gasteiger partial charge in [0, 0.05) is 37.1 Å². The second-order valence-electron chi connectivity index (χ2n) is 7.62. The number of nitrogens with zero attached hydrogens (tertiary/aromatic N) is 3. The topological polar surface area (TPSA) is 93.0 Å². The Morgan fingerprint density at radius 1 is 0.939 bits per heavy atom. The number of benzene rings is 2. The number of rotatable bonds is 7. The van der Waals surface area contributed by atoms with Gasteiger partial charge >= 0.3 is 0 Å². The molecule has 4 aromatic rings. The van der Waals surface area contributed by atoms with Crippen molar-refractivity contribution in [3.05, 3.63) is 95.9 Å². The Morgan fingerprint density at radius 2 is 1.70 bits per heavy atom. The minimum atomic E-state index is -0.370. The molecule has 0 atom stereocenters. The highest BCUT2D eigenvalue weighted by atomic mass is 16.5. The van der Waals surface area contributed by atoms with Crippen LogP contribution in [0, 0.1) is 0 Å².